The maximum absolute atomic E-state index is 13.2. The van der Waals surface area contributed by atoms with Crippen LogP contribution in [0.5, 0.6) is 0 Å². The Morgan fingerprint density at radius 1 is 1.65 bits per heavy atom. The fraction of sp³-hybridized carbons (Fsp3) is 0.0909. The van der Waals surface area contributed by atoms with Gasteiger partial charge in [-0.1, -0.05) is 17.8 Å². The molecule has 6 heteroatoms. The van der Waals surface area contributed by atoms with Crippen molar-refractivity contribution in [3.8, 4) is 0 Å². The van der Waals surface area contributed by atoms with Crippen molar-refractivity contribution in [2.45, 2.75) is 5.22 Å². The summed E-state index contributed by atoms with van der Waals surface area (Å²) in [4.78, 5) is 15.2. The second-order valence-electron chi connectivity index (χ2n) is 3.25. The van der Waals surface area contributed by atoms with Crippen molar-refractivity contribution in [1.82, 2.24) is 4.98 Å². The summed E-state index contributed by atoms with van der Waals surface area (Å²) in [6.45, 7) is 3.57. The smallest absolute Gasteiger partial charge is 0.257 e. The number of carbonyl (C=O) groups is 1. The van der Waals surface area contributed by atoms with Crippen LogP contribution in [0.25, 0.3) is 11.1 Å². The Kier molecular flexibility index (Phi) is 3.14. The highest BCUT2D eigenvalue weighted by atomic mass is 32.2. The Morgan fingerprint density at radius 2 is 2.41 bits per heavy atom. The van der Waals surface area contributed by atoms with Gasteiger partial charge in [0.25, 0.3) is 11.1 Å². The molecule has 4 nitrogen and oxygen atoms in total. The highest BCUT2D eigenvalue weighted by Crippen LogP contribution is 2.26. The van der Waals surface area contributed by atoms with E-state index in [1.807, 2.05) is 0 Å². The van der Waals surface area contributed by atoms with E-state index in [0.29, 0.717) is 11.0 Å². The largest absolute Gasteiger partial charge is 0.430 e. The molecule has 1 amide bonds. The van der Waals surface area contributed by atoms with Crippen LogP contribution in [0, 0.1) is 5.82 Å². The zero-order valence-corrected chi connectivity index (χ0v) is 9.59. The molecule has 17 heavy (non-hydrogen) atoms. The third-order valence-electron chi connectivity index (χ3n) is 2.03. The number of hydrogen-bond donors (Lipinski definition) is 1. The van der Waals surface area contributed by atoms with Crippen LogP contribution in [-0.2, 0) is 0 Å². The van der Waals surface area contributed by atoms with Gasteiger partial charge in [0.15, 0.2) is 5.58 Å². The number of nitrogens with two attached hydrogens (primary N) is 1. The van der Waals surface area contributed by atoms with Crippen molar-refractivity contribution >= 4 is 28.8 Å². The number of nitrogens with zero attached hydrogens (tertiary/aromatic N) is 1. The molecule has 0 radical (unpaired) electrons. The van der Waals surface area contributed by atoms with Crippen LogP contribution >= 0.6 is 11.8 Å². The third kappa shape index (κ3) is 2.31. The lowest BCUT2D eigenvalue weighted by molar-refractivity contribution is 0.100. The molecule has 0 aliphatic rings. The number of carbonyl (C=O) groups excluding carboxylic acids is 1. The topological polar surface area (TPSA) is 69.1 Å². The first-order valence-corrected chi connectivity index (χ1v) is 5.74. The van der Waals surface area contributed by atoms with Crippen molar-refractivity contribution in [3.05, 3.63) is 36.2 Å². The maximum Gasteiger partial charge on any atom is 0.257 e. The second-order valence-corrected chi connectivity index (χ2v) is 4.22. The first-order chi connectivity index (χ1) is 8.11. The molecule has 0 bridgehead atoms. The molecule has 0 aliphatic carbocycles. The van der Waals surface area contributed by atoms with E-state index in [-0.39, 0.29) is 16.7 Å². The summed E-state index contributed by atoms with van der Waals surface area (Å²) in [5.74, 6) is -0.702. The zero-order chi connectivity index (χ0) is 12.4. The van der Waals surface area contributed by atoms with Gasteiger partial charge in [-0.15, -0.1) is 6.58 Å². The molecule has 0 fully saturated rings. The minimum absolute atomic E-state index is 0.00190. The molecule has 0 saturated carbocycles. The second kappa shape index (κ2) is 4.58. The minimum atomic E-state index is -0.745. The molecule has 0 unspecified atom stereocenters. The number of benzene rings is 1. The van der Waals surface area contributed by atoms with Crippen LogP contribution < -0.4 is 5.73 Å². The SMILES string of the molecule is C=CCSc1nc2cc(F)cc(C(N)=O)c2o1. The van der Waals surface area contributed by atoms with Gasteiger partial charge in [0, 0.05) is 11.8 Å². The lowest BCUT2D eigenvalue weighted by atomic mass is 10.2. The van der Waals surface area contributed by atoms with Gasteiger partial charge in [-0.3, -0.25) is 4.79 Å². The molecule has 1 heterocycles. The lowest BCUT2D eigenvalue weighted by Gasteiger charge is -1.95. The van der Waals surface area contributed by atoms with E-state index < -0.39 is 11.7 Å². The molecule has 2 aromatic rings. The van der Waals surface area contributed by atoms with E-state index in [4.69, 9.17) is 10.2 Å². The summed E-state index contributed by atoms with van der Waals surface area (Å²) in [6, 6.07) is 2.24. The number of fused-ring (bicyclic) bond motifs is 1. The van der Waals surface area contributed by atoms with E-state index in [2.05, 4.69) is 11.6 Å². The lowest BCUT2D eigenvalue weighted by Crippen LogP contribution is -2.11. The average Bonchev–Trinajstić information content (AvgIpc) is 2.67. The monoisotopic (exact) mass is 252 g/mol. The van der Waals surface area contributed by atoms with Gasteiger partial charge in [0.1, 0.15) is 11.3 Å². The number of halogens is 1. The molecular weight excluding hydrogens is 243 g/mol. The first-order valence-electron chi connectivity index (χ1n) is 4.75. The van der Waals surface area contributed by atoms with Crippen LogP contribution in [0.3, 0.4) is 0 Å². The summed E-state index contributed by atoms with van der Waals surface area (Å²) < 4.78 is 18.6. The summed E-state index contributed by atoms with van der Waals surface area (Å²) >= 11 is 1.30. The van der Waals surface area contributed by atoms with Gasteiger partial charge in [-0.25, -0.2) is 9.37 Å². The number of primary amides is 1. The van der Waals surface area contributed by atoms with Crippen molar-refractivity contribution in [2.24, 2.45) is 5.73 Å². The van der Waals surface area contributed by atoms with Crippen LogP contribution in [-0.4, -0.2) is 16.6 Å². The molecule has 0 saturated heterocycles. The number of thioether (sulfide) groups is 1. The number of rotatable bonds is 4. The molecule has 0 atom stereocenters. The molecular formula is C11H9FN2O2S. The number of aromatic nitrogens is 1. The number of oxazole rings is 1. The maximum atomic E-state index is 13.2. The number of hydrogen-bond acceptors (Lipinski definition) is 4. The molecule has 88 valence electrons. The Balaban J connectivity index is 2.55. The summed E-state index contributed by atoms with van der Waals surface area (Å²) in [5, 5.41) is 0.355. The highest BCUT2D eigenvalue weighted by Gasteiger charge is 2.15. The van der Waals surface area contributed by atoms with Crippen LogP contribution in [0.4, 0.5) is 4.39 Å². The van der Waals surface area contributed by atoms with Crippen LogP contribution in [0.1, 0.15) is 10.4 Å². The normalized spacial score (nSPS) is 10.6. The Labute approximate surface area is 101 Å². The van der Waals surface area contributed by atoms with Crippen LogP contribution in [0.2, 0.25) is 0 Å². The van der Waals surface area contributed by atoms with E-state index >= 15 is 0 Å². The molecule has 1 aromatic carbocycles. The Bertz CT molecular complexity index is 594. The number of amides is 1. The van der Waals surface area contributed by atoms with Gasteiger partial charge < -0.3 is 10.2 Å². The Morgan fingerprint density at radius 3 is 3.06 bits per heavy atom. The van der Waals surface area contributed by atoms with Crippen molar-refractivity contribution in [2.75, 3.05) is 5.75 Å². The summed E-state index contributed by atoms with van der Waals surface area (Å²) in [6.07, 6.45) is 1.69. The van der Waals surface area contributed by atoms with E-state index in [1.165, 1.54) is 17.8 Å². The van der Waals surface area contributed by atoms with E-state index in [0.717, 1.165) is 6.07 Å². The molecule has 0 aliphatic heterocycles. The fourth-order valence-corrected chi connectivity index (χ4v) is 1.92. The van der Waals surface area contributed by atoms with Crippen molar-refractivity contribution < 1.29 is 13.6 Å². The van der Waals surface area contributed by atoms with Crippen LogP contribution in [0.15, 0.2) is 34.4 Å². The quantitative estimate of drug-likeness (QED) is 0.669. The van der Waals surface area contributed by atoms with Gasteiger partial charge in [-0.2, -0.15) is 0 Å². The molecule has 2 rings (SSSR count). The summed E-state index contributed by atoms with van der Waals surface area (Å²) in [7, 11) is 0. The molecule has 0 spiro atoms. The van der Waals surface area contributed by atoms with Crippen molar-refractivity contribution in [3.63, 3.8) is 0 Å². The fourth-order valence-electron chi connectivity index (χ4n) is 1.35. The van der Waals surface area contributed by atoms with E-state index in [1.54, 1.807) is 6.08 Å². The summed E-state index contributed by atoms with van der Waals surface area (Å²) in [5.41, 5.74) is 5.64. The average molecular weight is 252 g/mol. The zero-order valence-electron chi connectivity index (χ0n) is 8.77. The van der Waals surface area contributed by atoms with Gasteiger partial charge >= 0.3 is 0 Å². The first kappa shape index (κ1) is 11.7. The van der Waals surface area contributed by atoms with Crippen molar-refractivity contribution in [1.29, 1.82) is 0 Å². The molecule has 2 N–H and O–H groups in total. The predicted molar refractivity (Wildman–Crippen MR) is 63.4 cm³/mol. The van der Waals surface area contributed by atoms with Gasteiger partial charge in [0.05, 0.1) is 5.56 Å². The predicted octanol–water partition coefficient (Wildman–Crippen LogP) is 2.34. The third-order valence-corrected chi connectivity index (χ3v) is 2.85. The van der Waals surface area contributed by atoms with Gasteiger partial charge in [-0.05, 0) is 6.07 Å². The Hall–Kier alpha value is -1.82. The standard InChI is InChI=1S/C11H9FN2O2S/c1-2-3-17-11-14-8-5-6(12)4-7(10(13)15)9(8)16-11/h2,4-5H,1,3H2,(H2,13,15). The minimum Gasteiger partial charge on any atom is -0.430 e. The highest BCUT2D eigenvalue weighted by molar-refractivity contribution is 7.99. The van der Waals surface area contributed by atoms with Gasteiger partial charge in [0.2, 0.25) is 0 Å². The van der Waals surface area contributed by atoms with E-state index in [9.17, 15) is 9.18 Å². The molecule has 1 aromatic heterocycles.